The van der Waals surface area contributed by atoms with Crippen LogP contribution in [-0.4, -0.2) is 29.1 Å². The van der Waals surface area contributed by atoms with Crippen LogP contribution in [0, 0.1) is 0 Å². The zero-order valence-corrected chi connectivity index (χ0v) is 7.53. The zero-order chi connectivity index (χ0) is 10.4. The molecule has 6 N–H and O–H groups in total. The predicted octanol–water partition coefficient (Wildman–Crippen LogP) is -0.861. The second-order valence-electron chi connectivity index (χ2n) is 2.52. The van der Waals surface area contributed by atoms with Crippen LogP contribution in [0.4, 0.5) is 16.6 Å². The number of hydrogen-bond acceptors (Lipinski definition) is 5. The van der Waals surface area contributed by atoms with Crippen LogP contribution < -0.4 is 22.1 Å². The predicted molar refractivity (Wildman–Crippen MR) is 52.5 cm³/mol. The number of carbonyl (C=O) groups excluding carboxylic acids is 1. The Balaban J connectivity index is 2.28. The molecule has 0 unspecified atom stereocenters. The lowest BCUT2D eigenvalue weighted by molar-refractivity contribution is 0.249. The number of primary amides is 1. The van der Waals surface area contributed by atoms with E-state index in [9.17, 15) is 4.79 Å². The first kappa shape index (κ1) is 10.0. The molecule has 0 atom stereocenters. The molecule has 1 aromatic heterocycles. The van der Waals surface area contributed by atoms with Crippen LogP contribution >= 0.6 is 0 Å². The third-order valence-electron chi connectivity index (χ3n) is 1.40. The van der Waals surface area contributed by atoms with Gasteiger partial charge in [-0.25, -0.2) is 9.78 Å². The van der Waals surface area contributed by atoms with Crippen LogP contribution in [0.3, 0.4) is 0 Å². The summed E-state index contributed by atoms with van der Waals surface area (Å²) in [5, 5.41) is 5.37. The van der Waals surface area contributed by atoms with E-state index in [1.165, 1.54) is 0 Å². The Labute approximate surface area is 80.9 Å². The number of urea groups is 1. The fraction of sp³-hybridized carbons (Fsp3) is 0.286. The zero-order valence-electron chi connectivity index (χ0n) is 7.53. The lowest BCUT2D eigenvalue weighted by atomic mass is 10.5. The Hall–Kier alpha value is -2.05. The molecule has 0 saturated heterocycles. The summed E-state index contributed by atoms with van der Waals surface area (Å²) in [7, 11) is 0. The molecule has 0 saturated carbocycles. The summed E-state index contributed by atoms with van der Waals surface area (Å²) < 4.78 is 0. The number of rotatable bonds is 4. The molecule has 76 valence electrons. The van der Waals surface area contributed by atoms with Crippen molar-refractivity contribution in [2.24, 2.45) is 5.73 Å². The fourth-order valence-corrected chi connectivity index (χ4v) is 0.849. The maximum Gasteiger partial charge on any atom is 0.312 e. The summed E-state index contributed by atoms with van der Waals surface area (Å²) in [5.41, 5.74) is 10.2. The maximum atomic E-state index is 10.3. The molecule has 1 rings (SSSR count). The number of aromatic nitrogens is 2. The first-order valence-corrected chi connectivity index (χ1v) is 4.04. The van der Waals surface area contributed by atoms with Gasteiger partial charge in [0.15, 0.2) is 0 Å². The van der Waals surface area contributed by atoms with E-state index in [0.29, 0.717) is 18.9 Å². The van der Waals surface area contributed by atoms with Crippen LogP contribution in [0.5, 0.6) is 0 Å². The maximum absolute atomic E-state index is 10.3. The van der Waals surface area contributed by atoms with Crippen molar-refractivity contribution in [3.8, 4) is 0 Å². The number of amides is 2. The first-order chi connectivity index (χ1) is 6.68. The molecule has 0 spiro atoms. The largest absolute Gasteiger partial charge is 0.368 e. The minimum absolute atomic E-state index is 0.206. The molecule has 0 radical (unpaired) electrons. The molecule has 0 aliphatic carbocycles. The van der Waals surface area contributed by atoms with Gasteiger partial charge in [-0.3, -0.25) is 0 Å². The summed E-state index contributed by atoms with van der Waals surface area (Å²) in [5.74, 6) is 0.821. The summed E-state index contributed by atoms with van der Waals surface area (Å²) in [6.07, 6.45) is 1.55. The van der Waals surface area contributed by atoms with Crippen LogP contribution in [0.15, 0.2) is 12.3 Å². The highest BCUT2D eigenvalue weighted by atomic mass is 16.2. The summed E-state index contributed by atoms with van der Waals surface area (Å²) in [6, 6.07) is 1.13. The molecule has 0 aliphatic heterocycles. The average Bonchev–Trinajstić information content (AvgIpc) is 2.12. The standard InChI is InChI=1S/C7H12N6O/c8-6-11-2-1-5(13-6)10-3-4-12-7(9)14/h1-2H,3-4H2,(H3,9,12,14)(H3,8,10,11,13). The highest BCUT2D eigenvalue weighted by molar-refractivity contribution is 5.71. The van der Waals surface area contributed by atoms with E-state index in [-0.39, 0.29) is 5.95 Å². The number of anilines is 2. The molecule has 1 aromatic rings. The molecule has 0 aliphatic rings. The van der Waals surface area contributed by atoms with Crippen LogP contribution in [0.2, 0.25) is 0 Å². The van der Waals surface area contributed by atoms with Gasteiger partial charge < -0.3 is 22.1 Å². The Kier molecular flexibility index (Phi) is 3.48. The van der Waals surface area contributed by atoms with E-state index < -0.39 is 6.03 Å². The highest BCUT2D eigenvalue weighted by Gasteiger charge is 1.94. The monoisotopic (exact) mass is 196 g/mol. The summed E-state index contributed by atoms with van der Waals surface area (Å²) in [4.78, 5) is 17.9. The number of nitrogens with one attached hydrogen (secondary N) is 2. The van der Waals surface area contributed by atoms with Crippen molar-refractivity contribution >= 4 is 17.8 Å². The smallest absolute Gasteiger partial charge is 0.312 e. The van der Waals surface area contributed by atoms with E-state index in [4.69, 9.17) is 11.5 Å². The van der Waals surface area contributed by atoms with Crippen LogP contribution in [0.1, 0.15) is 0 Å². The van der Waals surface area contributed by atoms with Crippen molar-refractivity contribution in [3.63, 3.8) is 0 Å². The molecule has 2 amide bonds. The first-order valence-electron chi connectivity index (χ1n) is 4.04. The van der Waals surface area contributed by atoms with E-state index >= 15 is 0 Å². The van der Waals surface area contributed by atoms with Crippen molar-refractivity contribution in [1.29, 1.82) is 0 Å². The number of nitrogen functional groups attached to an aromatic ring is 1. The van der Waals surface area contributed by atoms with Crippen molar-refractivity contribution in [2.75, 3.05) is 24.1 Å². The normalized spacial score (nSPS) is 9.43. The van der Waals surface area contributed by atoms with E-state index in [1.54, 1.807) is 12.3 Å². The van der Waals surface area contributed by atoms with E-state index in [2.05, 4.69) is 20.6 Å². The molecule has 1 heterocycles. The van der Waals surface area contributed by atoms with Gasteiger partial charge in [-0.15, -0.1) is 0 Å². The highest BCUT2D eigenvalue weighted by Crippen LogP contribution is 2.00. The van der Waals surface area contributed by atoms with Gasteiger partial charge in [-0.2, -0.15) is 4.98 Å². The summed E-state index contributed by atoms with van der Waals surface area (Å²) >= 11 is 0. The number of hydrogen-bond donors (Lipinski definition) is 4. The molecule has 0 bridgehead atoms. The topological polar surface area (TPSA) is 119 Å². The Morgan fingerprint density at radius 3 is 2.93 bits per heavy atom. The van der Waals surface area contributed by atoms with Gasteiger partial charge in [0.1, 0.15) is 5.82 Å². The third-order valence-corrected chi connectivity index (χ3v) is 1.40. The second kappa shape index (κ2) is 4.85. The van der Waals surface area contributed by atoms with Gasteiger partial charge in [-0.1, -0.05) is 0 Å². The Morgan fingerprint density at radius 1 is 1.50 bits per heavy atom. The van der Waals surface area contributed by atoms with Crippen molar-refractivity contribution < 1.29 is 4.79 Å². The molecular weight excluding hydrogens is 184 g/mol. The van der Waals surface area contributed by atoms with Crippen LogP contribution in [-0.2, 0) is 0 Å². The second-order valence-corrected chi connectivity index (χ2v) is 2.52. The minimum Gasteiger partial charge on any atom is -0.368 e. The molecule has 0 fully saturated rings. The fourth-order valence-electron chi connectivity index (χ4n) is 0.849. The molecule has 7 nitrogen and oxygen atoms in total. The van der Waals surface area contributed by atoms with Gasteiger partial charge in [0, 0.05) is 19.3 Å². The third kappa shape index (κ3) is 3.57. The molecule has 7 heteroatoms. The quantitative estimate of drug-likeness (QED) is 0.467. The van der Waals surface area contributed by atoms with Crippen molar-refractivity contribution in [1.82, 2.24) is 15.3 Å². The minimum atomic E-state index is -0.547. The lowest BCUT2D eigenvalue weighted by Crippen LogP contribution is -2.33. The molecule has 0 aromatic carbocycles. The van der Waals surface area contributed by atoms with E-state index in [1.807, 2.05) is 0 Å². The number of carbonyl (C=O) groups is 1. The average molecular weight is 196 g/mol. The van der Waals surface area contributed by atoms with Crippen molar-refractivity contribution in [2.45, 2.75) is 0 Å². The van der Waals surface area contributed by atoms with Gasteiger partial charge in [0.05, 0.1) is 0 Å². The SMILES string of the molecule is NC(=O)NCCNc1ccnc(N)n1. The van der Waals surface area contributed by atoms with Gasteiger partial charge in [0.2, 0.25) is 5.95 Å². The lowest BCUT2D eigenvalue weighted by Gasteiger charge is -2.05. The van der Waals surface area contributed by atoms with Gasteiger partial charge >= 0.3 is 6.03 Å². The van der Waals surface area contributed by atoms with Gasteiger partial charge in [-0.05, 0) is 6.07 Å². The number of nitrogens with zero attached hydrogens (tertiary/aromatic N) is 2. The Morgan fingerprint density at radius 2 is 2.29 bits per heavy atom. The Bertz CT molecular complexity index is 315. The molecular formula is C7H12N6O. The molecule has 14 heavy (non-hydrogen) atoms. The van der Waals surface area contributed by atoms with Crippen LogP contribution in [0.25, 0.3) is 0 Å². The van der Waals surface area contributed by atoms with E-state index in [0.717, 1.165) is 0 Å². The summed E-state index contributed by atoms with van der Waals surface area (Å²) in [6.45, 7) is 0.957. The number of nitrogens with two attached hydrogens (primary N) is 2. The van der Waals surface area contributed by atoms with Gasteiger partial charge in [0.25, 0.3) is 0 Å². The van der Waals surface area contributed by atoms with Crippen molar-refractivity contribution in [3.05, 3.63) is 12.3 Å².